The molecule has 0 aliphatic heterocycles. The van der Waals surface area contributed by atoms with Crippen molar-refractivity contribution in [3.05, 3.63) is 40.6 Å². The van der Waals surface area contributed by atoms with E-state index in [0.29, 0.717) is 0 Å². The Hall–Kier alpha value is -1.46. The summed E-state index contributed by atoms with van der Waals surface area (Å²) >= 11 is 1.59. The Labute approximate surface area is 111 Å². The molecule has 96 valence electrons. The maximum atomic E-state index is 5.66. The fourth-order valence-corrected chi connectivity index (χ4v) is 2.36. The number of pyridine rings is 1. The summed E-state index contributed by atoms with van der Waals surface area (Å²) in [5, 5.41) is 5.29. The highest BCUT2D eigenvalue weighted by molar-refractivity contribution is 7.07. The molecule has 0 amide bonds. The van der Waals surface area contributed by atoms with Gasteiger partial charge in [-0.05, 0) is 32.5 Å². The van der Waals surface area contributed by atoms with E-state index < -0.39 is 0 Å². The van der Waals surface area contributed by atoms with Crippen molar-refractivity contribution in [1.29, 1.82) is 0 Å². The Morgan fingerprint density at radius 1 is 1.33 bits per heavy atom. The molecular weight excluding hydrogens is 246 g/mol. The number of thiazole rings is 1. The molecule has 2 aromatic rings. The molecule has 5 heteroatoms. The monoisotopic (exact) mass is 263 g/mol. The van der Waals surface area contributed by atoms with Crippen LogP contribution in [-0.2, 0) is 0 Å². The van der Waals surface area contributed by atoms with Gasteiger partial charge >= 0.3 is 0 Å². The van der Waals surface area contributed by atoms with Crippen LogP contribution in [-0.4, -0.2) is 23.1 Å². The van der Waals surface area contributed by atoms with Gasteiger partial charge in [-0.25, -0.2) is 4.98 Å². The number of hydrogen-bond acceptors (Lipinski definition) is 5. The molecule has 4 nitrogen and oxygen atoms in total. The van der Waals surface area contributed by atoms with Crippen molar-refractivity contribution in [2.24, 2.45) is 0 Å². The standard InChI is InChI=1S/C13H17N3OS/c1-9(2)17-11-4-10(5-15-6-11)13(14-3)12-7-18-8-16-12/h4-9,13-14H,1-3H3. The van der Waals surface area contributed by atoms with E-state index in [-0.39, 0.29) is 12.1 Å². The van der Waals surface area contributed by atoms with E-state index in [1.165, 1.54) is 0 Å². The average Bonchev–Trinajstić information content (AvgIpc) is 2.83. The summed E-state index contributed by atoms with van der Waals surface area (Å²) in [6.45, 7) is 4.01. The van der Waals surface area contributed by atoms with Gasteiger partial charge in [-0.15, -0.1) is 11.3 Å². The van der Waals surface area contributed by atoms with Crippen LogP contribution in [0.15, 0.2) is 29.4 Å². The summed E-state index contributed by atoms with van der Waals surface area (Å²) in [4.78, 5) is 8.57. The minimum Gasteiger partial charge on any atom is -0.489 e. The van der Waals surface area contributed by atoms with Crippen LogP contribution in [0, 0.1) is 0 Å². The zero-order chi connectivity index (χ0) is 13.0. The summed E-state index contributed by atoms with van der Waals surface area (Å²) in [6, 6.07) is 2.06. The molecule has 0 radical (unpaired) electrons. The fourth-order valence-electron chi connectivity index (χ4n) is 1.78. The van der Waals surface area contributed by atoms with Crippen LogP contribution in [0.3, 0.4) is 0 Å². The molecule has 0 spiro atoms. The Morgan fingerprint density at radius 2 is 2.17 bits per heavy atom. The molecule has 18 heavy (non-hydrogen) atoms. The first-order valence-electron chi connectivity index (χ1n) is 5.87. The van der Waals surface area contributed by atoms with Gasteiger partial charge < -0.3 is 10.1 Å². The van der Waals surface area contributed by atoms with Gasteiger partial charge in [0.25, 0.3) is 0 Å². The van der Waals surface area contributed by atoms with E-state index in [2.05, 4.69) is 15.3 Å². The van der Waals surface area contributed by atoms with Crippen LogP contribution in [0.4, 0.5) is 0 Å². The number of nitrogens with zero attached hydrogens (tertiary/aromatic N) is 2. The molecule has 0 aliphatic carbocycles. The van der Waals surface area contributed by atoms with Crippen molar-refractivity contribution in [2.45, 2.75) is 26.0 Å². The lowest BCUT2D eigenvalue weighted by Gasteiger charge is -2.16. The number of rotatable bonds is 5. The summed E-state index contributed by atoms with van der Waals surface area (Å²) in [7, 11) is 1.92. The van der Waals surface area contributed by atoms with Crippen molar-refractivity contribution in [1.82, 2.24) is 15.3 Å². The summed E-state index contributed by atoms with van der Waals surface area (Å²) in [6.07, 6.45) is 3.72. The second-order valence-corrected chi connectivity index (χ2v) is 4.97. The maximum Gasteiger partial charge on any atom is 0.138 e. The van der Waals surface area contributed by atoms with Crippen LogP contribution >= 0.6 is 11.3 Å². The number of hydrogen-bond donors (Lipinski definition) is 1. The molecule has 2 aromatic heterocycles. The molecule has 2 rings (SSSR count). The van der Waals surface area contributed by atoms with Gasteiger partial charge in [0.2, 0.25) is 0 Å². The molecule has 1 atom stereocenters. The van der Waals surface area contributed by atoms with Gasteiger partial charge in [0.1, 0.15) is 5.75 Å². The zero-order valence-corrected chi connectivity index (χ0v) is 11.6. The van der Waals surface area contributed by atoms with E-state index in [9.17, 15) is 0 Å². The van der Waals surface area contributed by atoms with Crippen LogP contribution in [0.1, 0.15) is 31.1 Å². The zero-order valence-electron chi connectivity index (χ0n) is 10.8. The third kappa shape index (κ3) is 3.05. The third-order valence-corrected chi connectivity index (χ3v) is 3.08. The second-order valence-electron chi connectivity index (χ2n) is 4.26. The lowest BCUT2D eigenvalue weighted by molar-refractivity contribution is 0.241. The lowest BCUT2D eigenvalue weighted by Crippen LogP contribution is -2.18. The predicted molar refractivity (Wildman–Crippen MR) is 73.0 cm³/mol. The van der Waals surface area contributed by atoms with Crippen molar-refractivity contribution < 1.29 is 4.74 Å². The highest BCUT2D eigenvalue weighted by Crippen LogP contribution is 2.24. The molecule has 1 unspecified atom stereocenters. The van der Waals surface area contributed by atoms with Crippen LogP contribution < -0.4 is 10.1 Å². The molecule has 0 saturated heterocycles. The van der Waals surface area contributed by atoms with E-state index in [0.717, 1.165) is 17.0 Å². The fraction of sp³-hybridized carbons (Fsp3) is 0.385. The average molecular weight is 263 g/mol. The molecule has 0 saturated carbocycles. The van der Waals surface area contributed by atoms with Crippen molar-refractivity contribution in [3.63, 3.8) is 0 Å². The van der Waals surface area contributed by atoms with Gasteiger partial charge in [-0.2, -0.15) is 0 Å². The molecule has 0 aromatic carbocycles. The van der Waals surface area contributed by atoms with Crippen LogP contribution in [0.25, 0.3) is 0 Å². The van der Waals surface area contributed by atoms with E-state index >= 15 is 0 Å². The number of ether oxygens (including phenoxy) is 1. The normalized spacial score (nSPS) is 12.7. The molecule has 0 aliphatic rings. The summed E-state index contributed by atoms with van der Waals surface area (Å²) in [5.41, 5.74) is 3.90. The first-order valence-corrected chi connectivity index (χ1v) is 6.82. The highest BCUT2D eigenvalue weighted by Gasteiger charge is 2.15. The van der Waals surface area contributed by atoms with Gasteiger partial charge in [-0.1, -0.05) is 0 Å². The smallest absolute Gasteiger partial charge is 0.138 e. The molecule has 1 N–H and O–H groups in total. The predicted octanol–water partition coefficient (Wildman–Crippen LogP) is 2.63. The Balaban J connectivity index is 2.26. The quantitative estimate of drug-likeness (QED) is 0.901. The molecule has 2 heterocycles. The van der Waals surface area contributed by atoms with E-state index in [1.807, 2.05) is 44.0 Å². The van der Waals surface area contributed by atoms with Gasteiger partial charge in [-0.3, -0.25) is 4.98 Å². The molecular formula is C13H17N3OS. The van der Waals surface area contributed by atoms with Crippen molar-refractivity contribution in [3.8, 4) is 5.75 Å². The second kappa shape index (κ2) is 5.93. The topological polar surface area (TPSA) is 47.0 Å². The summed E-state index contributed by atoms with van der Waals surface area (Å²) in [5.74, 6) is 0.790. The third-order valence-electron chi connectivity index (χ3n) is 2.48. The maximum absolute atomic E-state index is 5.66. The SMILES string of the molecule is CNC(c1cncc(OC(C)C)c1)c1cscn1. The van der Waals surface area contributed by atoms with Crippen molar-refractivity contribution >= 4 is 11.3 Å². The first kappa shape index (κ1) is 13.0. The minimum absolute atomic E-state index is 0.0551. The minimum atomic E-state index is 0.0551. The van der Waals surface area contributed by atoms with E-state index in [4.69, 9.17) is 4.74 Å². The molecule has 0 fully saturated rings. The molecule has 0 bridgehead atoms. The number of aromatic nitrogens is 2. The highest BCUT2D eigenvalue weighted by atomic mass is 32.1. The van der Waals surface area contributed by atoms with Gasteiger partial charge in [0.05, 0.1) is 29.5 Å². The van der Waals surface area contributed by atoms with Crippen molar-refractivity contribution in [2.75, 3.05) is 7.05 Å². The first-order chi connectivity index (χ1) is 8.70. The van der Waals surface area contributed by atoms with Gasteiger partial charge in [0, 0.05) is 11.6 Å². The Kier molecular flexibility index (Phi) is 4.28. The Bertz CT molecular complexity index is 485. The van der Waals surface area contributed by atoms with E-state index in [1.54, 1.807) is 17.5 Å². The van der Waals surface area contributed by atoms with Gasteiger partial charge in [0.15, 0.2) is 0 Å². The lowest BCUT2D eigenvalue weighted by atomic mass is 10.1. The largest absolute Gasteiger partial charge is 0.489 e. The summed E-state index contributed by atoms with van der Waals surface area (Å²) < 4.78 is 5.66. The Morgan fingerprint density at radius 3 is 2.78 bits per heavy atom. The van der Waals surface area contributed by atoms with Crippen LogP contribution in [0.2, 0.25) is 0 Å². The van der Waals surface area contributed by atoms with Crippen LogP contribution in [0.5, 0.6) is 5.75 Å². The number of nitrogens with one attached hydrogen (secondary N) is 1.